The number of thiophene rings is 1. The molecular weight excluding hydrogens is 346 g/mol. The van der Waals surface area contributed by atoms with Gasteiger partial charge < -0.3 is 10.4 Å². The molecule has 0 atom stereocenters. The van der Waals surface area contributed by atoms with Crippen LogP contribution in [-0.4, -0.2) is 36.8 Å². The number of aromatic nitrogens is 4. The number of aliphatic hydroxyl groups is 1. The van der Waals surface area contributed by atoms with Gasteiger partial charge in [-0.25, -0.2) is 14.5 Å². The molecule has 132 valence electrons. The molecule has 4 heterocycles. The van der Waals surface area contributed by atoms with Gasteiger partial charge in [-0.2, -0.15) is 0 Å². The number of anilines is 1. The Balaban J connectivity index is 1.49. The van der Waals surface area contributed by atoms with Crippen LogP contribution < -0.4 is 5.32 Å². The van der Waals surface area contributed by atoms with Crippen LogP contribution in [0.15, 0.2) is 42.7 Å². The van der Waals surface area contributed by atoms with Gasteiger partial charge in [0.05, 0.1) is 17.2 Å². The van der Waals surface area contributed by atoms with E-state index in [9.17, 15) is 5.11 Å². The smallest absolute Gasteiger partial charge is 0.154 e. The summed E-state index contributed by atoms with van der Waals surface area (Å²) < 4.78 is 1.89. The highest BCUT2D eigenvalue weighted by molar-refractivity contribution is 7.21. The highest BCUT2D eigenvalue weighted by atomic mass is 32.1. The number of nitrogens with zero attached hydrogens (tertiary/aromatic N) is 4. The van der Waals surface area contributed by atoms with Gasteiger partial charge in [0, 0.05) is 17.6 Å². The van der Waals surface area contributed by atoms with Crippen molar-refractivity contribution in [3.63, 3.8) is 0 Å². The Morgan fingerprint density at radius 3 is 2.85 bits per heavy atom. The van der Waals surface area contributed by atoms with Crippen LogP contribution in [0.25, 0.3) is 26.4 Å². The average molecular weight is 365 g/mol. The number of aliphatic hydroxyl groups excluding tert-OH is 1. The third-order valence-corrected chi connectivity index (χ3v) is 6.04. The fourth-order valence-corrected chi connectivity index (χ4v) is 4.54. The van der Waals surface area contributed by atoms with Crippen molar-refractivity contribution < 1.29 is 5.11 Å². The largest absolute Gasteiger partial charge is 0.393 e. The monoisotopic (exact) mass is 365 g/mol. The molecule has 0 radical (unpaired) electrons. The Kier molecular flexibility index (Phi) is 3.83. The quantitative estimate of drug-likeness (QED) is 0.579. The summed E-state index contributed by atoms with van der Waals surface area (Å²) in [5.74, 6) is 0.845. The second-order valence-electron chi connectivity index (χ2n) is 6.79. The van der Waals surface area contributed by atoms with E-state index in [0.717, 1.165) is 57.9 Å². The normalized spacial score (nSPS) is 20.7. The molecule has 5 rings (SSSR count). The van der Waals surface area contributed by atoms with E-state index in [1.54, 1.807) is 11.3 Å². The second kappa shape index (κ2) is 6.34. The van der Waals surface area contributed by atoms with Crippen LogP contribution in [0, 0.1) is 0 Å². The molecule has 1 aliphatic carbocycles. The predicted molar refractivity (Wildman–Crippen MR) is 103 cm³/mol. The highest BCUT2D eigenvalue weighted by Gasteiger charge is 2.20. The molecule has 0 amide bonds. The number of nitrogens with one attached hydrogen (secondary N) is 1. The van der Waals surface area contributed by atoms with Gasteiger partial charge in [0.15, 0.2) is 5.65 Å². The van der Waals surface area contributed by atoms with Gasteiger partial charge in [-0.1, -0.05) is 6.07 Å². The number of hydrogen-bond donors (Lipinski definition) is 2. The summed E-state index contributed by atoms with van der Waals surface area (Å²) in [6.07, 6.45) is 7.19. The van der Waals surface area contributed by atoms with E-state index in [1.807, 2.05) is 35.1 Å². The van der Waals surface area contributed by atoms with E-state index >= 15 is 0 Å². The second-order valence-corrected chi connectivity index (χ2v) is 7.82. The van der Waals surface area contributed by atoms with Crippen LogP contribution in [0.5, 0.6) is 0 Å². The van der Waals surface area contributed by atoms with E-state index in [0.29, 0.717) is 6.04 Å². The van der Waals surface area contributed by atoms with Gasteiger partial charge in [-0.05, 0) is 49.9 Å². The van der Waals surface area contributed by atoms with Crippen molar-refractivity contribution in [3.8, 4) is 10.6 Å². The summed E-state index contributed by atoms with van der Waals surface area (Å²) in [5, 5.41) is 19.1. The summed E-state index contributed by atoms with van der Waals surface area (Å²) in [4.78, 5) is 11.0. The molecule has 0 aromatic carbocycles. The first-order valence-corrected chi connectivity index (χ1v) is 9.72. The SMILES string of the molecule is OC1CCC(Nc2ccc3ncc(-c4cc5cccnc5s4)n3n2)CC1. The maximum Gasteiger partial charge on any atom is 0.154 e. The lowest BCUT2D eigenvalue weighted by Crippen LogP contribution is -2.28. The summed E-state index contributed by atoms with van der Waals surface area (Å²) in [5.41, 5.74) is 1.81. The molecule has 1 saturated carbocycles. The highest BCUT2D eigenvalue weighted by Crippen LogP contribution is 2.32. The summed E-state index contributed by atoms with van der Waals surface area (Å²) in [6, 6.07) is 10.5. The first-order valence-electron chi connectivity index (χ1n) is 8.90. The lowest BCUT2D eigenvalue weighted by atomic mass is 9.93. The molecule has 4 aromatic rings. The van der Waals surface area contributed by atoms with Gasteiger partial charge >= 0.3 is 0 Å². The van der Waals surface area contributed by atoms with Crippen molar-refractivity contribution in [2.75, 3.05) is 5.32 Å². The third kappa shape index (κ3) is 2.83. The van der Waals surface area contributed by atoms with Crippen LogP contribution in [0.2, 0.25) is 0 Å². The molecule has 26 heavy (non-hydrogen) atoms. The number of imidazole rings is 1. The lowest BCUT2D eigenvalue weighted by Gasteiger charge is -2.26. The molecule has 1 aliphatic rings. The first kappa shape index (κ1) is 15.7. The zero-order chi connectivity index (χ0) is 17.5. The molecular formula is C19H19N5OS. The first-order chi connectivity index (χ1) is 12.8. The number of pyridine rings is 1. The summed E-state index contributed by atoms with van der Waals surface area (Å²) >= 11 is 1.65. The van der Waals surface area contributed by atoms with Gasteiger partial charge in [-0.3, -0.25) is 0 Å². The predicted octanol–water partition coefficient (Wildman–Crippen LogP) is 3.72. The van der Waals surface area contributed by atoms with E-state index < -0.39 is 0 Å². The standard InChI is InChI=1S/C19H19N5OS/c25-14-5-3-13(4-6-14)22-17-7-8-18-21-11-15(24(18)23-17)16-10-12-2-1-9-20-19(12)26-16/h1-2,7-11,13-14,25H,3-6H2,(H,22,23). The van der Waals surface area contributed by atoms with E-state index in [2.05, 4.69) is 27.4 Å². The van der Waals surface area contributed by atoms with Crippen LogP contribution in [0.3, 0.4) is 0 Å². The number of rotatable bonds is 3. The van der Waals surface area contributed by atoms with Gasteiger partial charge in [0.25, 0.3) is 0 Å². The molecule has 1 fully saturated rings. The molecule has 0 aliphatic heterocycles. The Hall–Kier alpha value is -2.51. The molecule has 0 spiro atoms. The van der Waals surface area contributed by atoms with Crippen molar-refractivity contribution in [1.82, 2.24) is 19.6 Å². The minimum Gasteiger partial charge on any atom is -0.393 e. The third-order valence-electron chi connectivity index (χ3n) is 4.96. The Morgan fingerprint density at radius 2 is 2.00 bits per heavy atom. The fourth-order valence-electron chi connectivity index (χ4n) is 3.55. The van der Waals surface area contributed by atoms with Crippen LogP contribution in [0.4, 0.5) is 5.82 Å². The van der Waals surface area contributed by atoms with Crippen LogP contribution >= 0.6 is 11.3 Å². The molecule has 0 bridgehead atoms. The molecule has 7 heteroatoms. The lowest BCUT2D eigenvalue weighted by molar-refractivity contribution is 0.126. The van der Waals surface area contributed by atoms with Crippen molar-refractivity contribution in [2.45, 2.75) is 37.8 Å². The molecule has 4 aromatic heterocycles. The average Bonchev–Trinajstić information content (AvgIpc) is 3.26. The van der Waals surface area contributed by atoms with Gasteiger partial charge in [0.1, 0.15) is 16.3 Å². The summed E-state index contributed by atoms with van der Waals surface area (Å²) in [7, 11) is 0. The molecule has 0 saturated heterocycles. The van der Waals surface area contributed by atoms with E-state index in [4.69, 9.17) is 5.10 Å². The zero-order valence-corrected chi connectivity index (χ0v) is 15.0. The Morgan fingerprint density at radius 1 is 1.12 bits per heavy atom. The van der Waals surface area contributed by atoms with Crippen molar-refractivity contribution in [3.05, 3.63) is 42.7 Å². The van der Waals surface area contributed by atoms with E-state index in [1.165, 1.54) is 0 Å². The number of fused-ring (bicyclic) bond motifs is 2. The molecule has 2 N–H and O–H groups in total. The minimum atomic E-state index is -0.148. The maximum absolute atomic E-state index is 9.67. The Labute approximate surface area is 154 Å². The fraction of sp³-hybridized carbons (Fsp3) is 0.316. The topological polar surface area (TPSA) is 75.3 Å². The van der Waals surface area contributed by atoms with Gasteiger partial charge in [0.2, 0.25) is 0 Å². The Bertz CT molecular complexity index is 1030. The van der Waals surface area contributed by atoms with Crippen LogP contribution in [-0.2, 0) is 0 Å². The molecule has 6 nitrogen and oxygen atoms in total. The van der Waals surface area contributed by atoms with E-state index in [-0.39, 0.29) is 6.10 Å². The summed E-state index contributed by atoms with van der Waals surface area (Å²) in [6.45, 7) is 0. The molecule has 0 unspecified atom stereocenters. The zero-order valence-electron chi connectivity index (χ0n) is 14.2. The maximum atomic E-state index is 9.67. The van der Waals surface area contributed by atoms with Crippen molar-refractivity contribution >= 4 is 33.0 Å². The van der Waals surface area contributed by atoms with Gasteiger partial charge in [-0.15, -0.1) is 16.4 Å². The van der Waals surface area contributed by atoms with Crippen molar-refractivity contribution in [2.24, 2.45) is 0 Å². The van der Waals surface area contributed by atoms with Crippen LogP contribution in [0.1, 0.15) is 25.7 Å². The minimum absolute atomic E-state index is 0.148. The van der Waals surface area contributed by atoms with Crippen molar-refractivity contribution in [1.29, 1.82) is 0 Å². The number of hydrogen-bond acceptors (Lipinski definition) is 6.